The van der Waals surface area contributed by atoms with E-state index in [4.69, 9.17) is 5.11 Å². The molecule has 0 fully saturated rings. The van der Waals surface area contributed by atoms with Crippen LogP contribution in [-0.2, 0) is 11.0 Å². The third-order valence-corrected chi connectivity index (χ3v) is 2.67. The quantitative estimate of drug-likeness (QED) is 0.897. The Labute approximate surface area is 107 Å². The molecule has 1 heterocycles. The van der Waals surface area contributed by atoms with Crippen LogP contribution in [0, 0.1) is 0 Å². The van der Waals surface area contributed by atoms with E-state index < -0.39 is 17.7 Å². The molecule has 0 atom stereocenters. The van der Waals surface area contributed by atoms with Crippen molar-refractivity contribution in [2.75, 3.05) is 11.4 Å². The van der Waals surface area contributed by atoms with E-state index in [-0.39, 0.29) is 17.9 Å². The van der Waals surface area contributed by atoms with Crippen LogP contribution < -0.4 is 4.90 Å². The Balaban J connectivity index is 2.40. The smallest absolute Gasteiger partial charge is 0.416 e. The lowest BCUT2D eigenvalue weighted by atomic mass is 10.1. The number of carbonyl (C=O) groups is 1. The minimum absolute atomic E-state index is 0.0539. The van der Waals surface area contributed by atoms with E-state index in [1.165, 1.54) is 23.1 Å². The molecule has 1 N–H and O–H groups in total. The van der Waals surface area contributed by atoms with Crippen molar-refractivity contribution in [3.05, 3.63) is 53.8 Å². The number of anilines is 1. The zero-order valence-corrected chi connectivity index (χ0v) is 9.69. The molecule has 1 aromatic carbocycles. The lowest BCUT2D eigenvalue weighted by Crippen LogP contribution is -2.29. The van der Waals surface area contributed by atoms with Gasteiger partial charge in [0.25, 0.3) is 0 Å². The van der Waals surface area contributed by atoms with E-state index in [9.17, 15) is 18.0 Å². The third kappa shape index (κ3) is 2.78. The molecule has 0 aliphatic carbocycles. The van der Waals surface area contributed by atoms with E-state index in [0.29, 0.717) is 0 Å². The highest BCUT2D eigenvalue weighted by molar-refractivity contribution is 5.92. The van der Waals surface area contributed by atoms with Gasteiger partial charge in [0, 0.05) is 12.2 Å². The predicted molar refractivity (Wildman–Crippen MR) is 63.6 cm³/mol. The first-order valence-electron chi connectivity index (χ1n) is 5.44. The van der Waals surface area contributed by atoms with Crippen molar-refractivity contribution in [1.29, 1.82) is 0 Å². The van der Waals surface area contributed by atoms with Crippen LogP contribution in [0.15, 0.2) is 48.2 Å². The second-order valence-corrected chi connectivity index (χ2v) is 3.94. The number of hydrogen-bond donors (Lipinski definition) is 1. The molecule has 0 saturated carbocycles. The number of aliphatic carboxylic acids is 1. The molecule has 1 aliphatic rings. The Morgan fingerprint density at radius 1 is 1.32 bits per heavy atom. The van der Waals surface area contributed by atoms with Crippen LogP contribution in [0.4, 0.5) is 18.9 Å². The van der Waals surface area contributed by atoms with Crippen LogP contribution in [0.5, 0.6) is 0 Å². The first kappa shape index (κ1) is 13.2. The number of benzene rings is 1. The molecule has 0 spiro atoms. The standard InChI is InChI=1S/C13H10F3NO2/c14-13(15,16)9-4-3-5-10(8-9)17-7-2-1-6-11(17)12(18)19/h1-6,8H,7H2,(H,18,19). The minimum Gasteiger partial charge on any atom is -0.477 e. The van der Waals surface area contributed by atoms with Crippen molar-refractivity contribution < 1.29 is 23.1 Å². The third-order valence-electron chi connectivity index (χ3n) is 2.67. The van der Waals surface area contributed by atoms with E-state index in [1.54, 1.807) is 12.2 Å². The number of carboxylic acid groups (broad SMARTS) is 1. The molecular formula is C13H10F3NO2. The predicted octanol–water partition coefficient (Wildman–Crippen LogP) is 3.05. The van der Waals surface area contributed by atoms with Gasteiger partial charge in [0.05, 0.1) is 5.56 Å². The molecule has 0 amide bonds. The van der Waals surface area contributed by atoms with Gasteiger partial charge >= 0.3 is 12.1 Å². The summed E-state index contributed by atoms with van der Waals surface area (Å²) in [7, 11) is 0. The lowest BCUT2D eigenvalue weighted by Gasteiger charge is -2.26. The number of allylic oxidation sites excluding steroid dienone is 2. The van der Waals surface area contributed by atoms with Gasteiger partial charge in [-0.15, -0.1) is 0 Å². The fraction of sp³-hybridized carbons (Fsp3) is 0.154. The van der Waals surface area contributed by atoms with Crippen LogP contribution in [0.25, 0.3) is 0 Å². The Kier molecular flexibility index (Phi) is 3.33. The normalized spacial score (nSPS) is 15.3. The van der Waals surface area contributed by atoms with Gasteiger partial charge in [-0.2, -0.15) is 13.2 Å². The number of hydrogen-bond acceptors (Lipinski definition) is 2. The SMILES string of the molecule is O=C(O)C1=CC=CCN1c1cccc(C(F)(F)F)c1. The lowest BCUT2D eigenvalue weighted by molar-refractivity contribution is -0.137. The Bertz CT molecular complexity index is 561. The van der Waals surface area contributed by atoms with Gasteiger partial charge in [-0.05, 0) is 24.3 Å². The molecule has 6 heteroatoms. The van der Waals surface area contributed by atoms with E-state index in [2.05, 4.69) is 0 Å². The summed E-state index contributed by atoms with van der Waals surface area (Å²) in [6, 6.07) is 4.60. The average Bonchev–Trinajstić information content (AvgIpc) is 2.38. The molecule has 0 radical (unpaired) electrons. The summed E-state index contributed by atoms with van der Waals surface area (Å²) < 4.78 is 37.9. The van der Waals surface area contributed by atoms with Gasteiger partial charge in [0.15, 0.2) is 0 Å². The van der Waals surface area contributed by atoms with Gasteiger partial charge in [-0.3, -0.25) is 0 Å². The maximum Gasteiger partial charge on any atom is 0.416 e. The molecule has 0 bridgehead atoms. The van der Waals surface area contributed by atoms with Gasteiger partial charge in [-0.25, -0.2) is 4.79 Å². The first-order valence-corrected chi connectivity index (χ1v) is 5.44. The highest BCUT2D eigenvalue weighted by atomic mass is 19.4. The number of rotatable bonds is 2. The zero-order valence-electron chi connectivity index (χ0n) is 9.69. The van der Waals surface area contributed by atoms with Crippen molar-refractivity contribution in [1.82, 2.24) is 0 Å². The van der Waals surface area contributed by atoms with Crippen LogP contribution >= 0.6 is 0 Å². The summed E-state index contributed by atoms with van der Waals surface area (Å²) in [5, 5.41) is 9.03. The van der Waals surface area contributed by atoms with Crippen molar-refractivity contribution >= 4 is 11.7 Å². The van der Waals surface area contributed by atoms with Gasteiger partial charge in [-0.1, -0.05) is 18.2 Å². The topological polar surface area (TPSA) is 40.5 Å². The fourth-order valence-corrected chi connectivity index (χ4v) is 1.80. The van der Waals surface area contributed by atoms with Gasteiger partial charge in [0.2, 0.25) is 0 Å². The van der Waals surface area contributed by atoms with Crippen LogP contribution in [0.2, 0.25) is 0 Å². The molecule has 2 rings (SSSR count). The molecule has 3 nitrogen and oxygen atoms in total. The second kappa shape index (κ2) is 4.79. The highest BCUT2D eigenvalue weighted by Gasteiger charge is 2.31. The fourth-order valence-electron chi connectivity index (χ4n) is 1.80. The molecule has 1 aliphatic heterocycles. The maximum absolute atomic E-state index is 12.6. The summed E-state index contributed by atoms with van der Waals surface area (Å²) in [5.74, 6) is -1.18. The molecule has 100 valence electrons. The molecule has 19 heavy (non-hydrogen) atoms. The first-order chi connectivity index (χ1) is 8.89. The summed E-state index contributed by atoms with van der Waals surface area (Å²) in [4.78, 5) is 12.4. The summed E-state index contributed by atoms with van der Waals surface area (Å²) in [5.41, 5.74) is -0.654. The Hall–Kier alpha value is -2.24. The molecule has 0 aromatic heterocycles. The van der Waals surface area contributed by atoms with E-state index in [1.807, 2.05) is 0 Å². The van der Waals surface area contributed by atoms with Crippen LogP contribution in [0.3, 0.4) is 0 Å². The summed E-state index contributed by atoms with van der Waals surface area (Å²) >= 11 is 0. The number of nitrogens with zero attached hydrogens (tertiary/aromatic N) is 1. The highest BCUT2D eigenvalue weighted by Crippen LogP contribution is 2.32. The van der Waals surface area contributed by atoms with E-state index in [0.717, 1.165) is 12.1 Å². The summed E-state index contributed by atoms with van der Waals surface area (Å²) in [6.45, 7) is 0.222. The molecule has 0 unspecified atom stereocenters. The van der Waals surface area contributed by atoms with Crippen LogP contribution in [0.1, 0.15) is 5.56 Å². The second-order valence-electron chi connectivity index (χ2n) is 3.94. The Morgan fingerprint density at radius 2 is 2.05 bits per heavy atom. The van der Waals surface area contributed by atoms with Crippen molar-refractivity contribution in [2.24, 2.45) is 0 Å². The van der Waals surface area contributed by atoms with Gasteiger partial charge < -0.3 is 10.0 Å². The van der Waals surface area contributed by atoms with Crippen molar-refractivity contribution in [3.8, 4) is 0 Å². The van der Waals surface area contributed by atoms with E-state index >= 15 is 0 Å². The summed E-state index contributed by atoms with van der Waals surface area (Å²) in [6.07, 6.45) is 0.140. The average molecular weight is 269 g/mol. The molecule has 0 saturated heterocycles. The van der Waals surface area contributed by atoms with Gasteiger partial charge in [0.1, 0.15) is 5.70 Å². The number of carboxylic acids is 1. The molecular weight excluding hydrogens is 259 g/mol. The van der Waals surface area contributed by atoms with Crippen LogP contribution in [-0.4, -0.2) is 17.6 Å². The molecule has 1 aromatic rings. The van der Waals surface area contributed by atoms with Crippen molar-refractivity contribution in [2.45, 2.75) is 6.18 Å². The zero-order chi connectivity index (χ0) is 14.0. The number of alkyl halides is 3. The largest absolute Gasteiger partial charge is 0.477 e. The van der Waals surface area contributed by atoms with Crippen molar-refractivity contribution in [3.63, 3.8) is 0 Å². The maximum atomic E-state index is 12.6. The minimum atomic E-state index is -4.45. The monoisotopic (exact) mass is 269 g/mol. The Morgan fingerprint density at radius 3 is 2.68 bits per heavy atom. The number of halogens is 3.